The monoisotopic (exact) mass is 342 g/mol. The van der Waals surface area contributed by atoms with Crippen LogP contribution in [-0.4, -0.2) is 17.9 Å². The fraction of sp³-hybridized carbons (Fsp3) is 0.263. The summed E-state index contributed by atoms with van der Waals surface area (Å²) in [7, 11) is 0. The van der Waals surface area contributed by atoms with Gasteiger partial charge in [-0.2, -0.15) is 0 Å². The average Bonchev–Trinajstić information content (AvgIpc) is 2.51. The van der Waals surface area contributed by atoms with E-state index in [1.54, 1.807) is 18.7 Å². The minimum absolute atomic E-state index is 0.224. The summed E-state index contributed by atoms with van der Waals surface area (Å²) in [6.45, 7) is 7.23. The summed E-state index contributed by atoms with van der Waals surface area (Å²) < 4.78 is 0. The van der Waals surface area contributed by atoms with Crippen molar-refractivity contribution in [1.29, 1.82) is 0 Å². The molecule has 0 saturated heterocycles. The summed E-state index contributed by atoms with van der Waals surface area (Å²) >= 11 is 1.70. The molecule has 24 heavy (non-hydrogen) atoms. The zero-order valence-electron chi connectivity index (χ0n) is 14.3. The number of rotatable bonds is 5. The highest BCUT2D eigenvalue weighted by atomic mass is 32.2. The first kappa shape index (κ1) is 18.1. The van der Waals surface area contributed by atoms with Crippen LogP contribution in [-0.2, 0) is 9.59 Å². The summed E-state index contributed by atoms with van der Waals surface area (Å²) in [6, 6.07) is 13.5. The van der Waals surface area contributed by atoms with Crippen molar-refractivity contribution < 1.29 is 9.59 Å². The second-order valence-corrected chi connectivity index (χ2v) is 6.92. The van der Waals surface area contributed by atoms with Crippen LogP contribution in [0.25, 0.3) is 0 Å². The zero-order chi connectivity index (χ0) is 17.7. The molecule has 2 aromatic carbocycles. The topological polar surface area (TPSA) is 58.2 Å². The molecule has 5 heteroatoms. The van der Waals surface area contributed by atoms with Crippen molar-refractivity contribution in [2.75, 3.05) is 5.32 Å². The Balaban J connectivity index is 2.00. The van der Waals surface area contributed by atoms with Gasteiger partial charge in [-0.15, -0.1) is 0 Å². The van der Waals surface area contributed by atoms with Gasteiger partial charge in [0.1, 0.15) is 6.04 Å². The SMILES string of the molecule is CC(=O)NC(C)C(=O)Nc1ccc(Sc2ccc(C)cc2C)cc1. The molecule has 0 aliphatic carbocycles. The highest BCUT2D eigenvalue weighted by Crippen LogP contribution is 2.31. The average molecular weight is 342 g/mol. The lowest BCUT2D eigenvalue weighted by Crippen LogP contribution is -2.40. The minimum atomic E-state index is -0.563. The Morgan fingerprint density at radius 1 is 1.04 bits per heavy atom. The van der Waals surface area contributed by atoms with E-state index in [9.17, 15) is 9.59 Å². The minimum Gasteiger partial charge on any atom is -0.345 e. The van der Waals surface area contributed by atoms with E-state index in [4.69, 9.17) is 0 Å². The molecular weight excluding hydrogens is 320 g/mol. The number of nitrogens with one attached hydrogen (secondary N) is 2. The van der Waals surface area contributed by atoms with Gasteiger partial charge in [-0.1, -0.05) is 29.5 Å². The van der Waals surface area contributed by atoms with Crippen LogP contribution in [0.4, 0.5) is 5.69 Å². The van der Waals surface area contributed by atoms with Gasteiger partial charge in [-0.3, -0.25) is 9.59 Å². The summed E-state index contributed by atoms with van der Waals surface area (Å²) in [4.78, 5) is 25.3. The summed E-state index contributed by atoms with van der Waals surface area (Å²) in [5.74, 6) is -0.460. The van der Waals surface area contributed by atoms with Crippen LogP contribution in [0.1, 0.15) is 25.0 Å². The molecule has 0 aromatic heterocycles. The summed E-state index contributed by atoms with van der Waals surface area (Å²) in [5.41, 5.74) is 3.21. The number of anilines is 1. The molecule has 0 aliphatic heterocycles. The maximum atomic E-state index is 12.0. The molecule has 2 rings (SSSR count). The lowest BCUT2D eigenvalue weighted by atomic mass is 10.2. The van der Waals surface area contributed by atoms with Crippen molar-refractivity contribution in [2.45, 2.75) is 43.5 Å². The fourth-order valence-electron chi connectivity index (χ4n) is 2.27. The number of carbonyl (C=O) groups is 2. The smallest absolute Gasteiger partial charge is 0.246 e. The maximum Gasteiger partial charge on any atom is 0.246 e. The van der Waals surface area contributed by atoms with Gasteiger partial charge in [0.15, 0.2) is 0 Å². The Morgan fingerprint density at radius 3 is 2.29 bits per heavy atom. The molecule has 1 atom stereocenters. The predicted octanol–water partition coefficient (Wildman–Crippen LogP) is 3.92. The number of benzene rings is 2. The van der Waals surface area contributed by atoms with Crippen LogP contribution in [0.15, 0.2) is 52.3 Å². The lowest BCUT2D eigenvalue weighted by Gasteiger charge is -2.13. The quantitative estimate of drug-likeness (QED) is 0.866. The van der Waals surface area contributed by atoms with E-state index in [1.807, 2.05) is 24.3 Å². The van der Waals surface area contributed by atoms with E-state index >= 15 is 0 Å². The Kier molecular flexibility index (Phi) is 6.04. The van der Waals surface area contributed by atoms with Crippen molar-refractivity contribution in [1.82, 2.24) is 5.32 Å². The number of carbonyl (C=O) groups excluding carboxylic acids is 2. The molecule has 0 heterocycles. The van der Waals surface area contributed by atoms with Crippen LogP contribution in [0.5, 0.6) is 0 Å². The zero-order valence-corrected chi connectivity index (χ0v) is 15.2. The number of aryl methyl sites for hydroxylation is 2. The van der Waals surface area contributed by atoms with Gasteiger partial charge in [0.2, 0.25) is 11.8 Å². The van der Waals surface area contributed by atoms with Crippen molar-refractivity contribution in [3.8, 4) is 0 Å². The molecule has 126 valence electrons. The van der Waals surface area contributed by atoms with E-state index < -0.39 is 6.04 Å². The summed E-state index contributed by atoms with van der Waals surface area (Å²) in [5, 5.41) is 5.36. The molecule has 2 N–H and O–H groups in total. The molecule has 1 unspecified atom stereocenters. The van der Waals surface area contributed by atoms with E-state index in [0.29, 0.717) is 5.69 Å². The van der Waals surface area contributed by atoms with Gasteiger partial charge in [-0.25, -0.2) is 0 Å². The Hall–Kier alpha value is -2.27. The van der Waals surface area contributed by atoms with Gasteiger partial charge in [0.05, 0.1) is 0 Å². The molecule has 0 bridgehead atoms. The third kappa shape index (κ3) is 5.13. The fourth-order valence-corrected chi connectivity index (χ4v) is 3.15. The highest BCUT2D eigenvalue weighted by molar-refractivity contribution is 7.99. The Bertz CT molecular complexity index is 742. The van der Waals surface area contributed by atoms with E-state index in [-0.39, 0.29) is 11.8 Å². The first-order valence-corrected chi connectivity index (χ1v) is 8.60. The molecule has 0 fully saturated rings. The van der Waals surface area contributed by atoms with Gasteiger partial charge in [0.25, 0.3) is 0 Å². The van der Waals surface area contributed by atoms with Gasteiger partial charge in [0, 0.05) is 22.4 Å². The maximum absolute atomic E-state index is 12.0. The Morgan fingerprint density at radius 2 is 1.71 bits per heavy atom. The molecule has 0 radical (unpaired) electrons. The van der Waals surface area contributed by atoms with Crippen LogP contribution in [0.3, 0.4) is 0 Å². The van der Waals surface area contributed by atoms with Crippen LogP contribution >= 0.6 is 11.8 Å². The van der Waals surface area contributed by atoms with E-state index in [2.05, 4.69) is 42.7 Å². The van der Waals surface area contributed by atoms with E-state index in [0.717, 1.165) is 4.90 Å². The third-order valence-corrected chi connectivity index (χ3v) is 4.68. The van der Waals surface area contributed by atoms with Gasteiger partial charge < -0.3 is 10.6 Å². The predicted molar refractivity (Wildman–Crippen MR) is 98.4 cm³/mol. The van der Waals surface area contributed by atoms with Gasteiger partial charge in [-0.05, 0) is 56.7 Å². The second-order valence-electron chi connectivity index (χ2n) is 5.81. The van der Waals surface area contributed by atoms with E-state index in [1.165, 1.54) is 22.9 Å². The highest BCUT2D eigenvalue weighted by Gasteiger charge is 2.13. The molecule has 2 amide bonds. The first-order valence-electron chi connectivity index (χ1n) is 7.78. The van der Waals surface area contributed by atoms with Crippen LogP contribution in [0.2, 0.25) is 0 Å². The lowest BCUT2D eigenvalue weighted by molar-refractivity contribution is -0.124. The third-order valence-electron chi connectivity index (χ3n) is 3.49. The first-order chi connectivity index (χ1) is 11.3. The number of hydrogen-bond acceptors (Lipinski definition) is 3. The molecule has 0 saturated carbocycles. The van der Waals surface area contributed by atoms with Crippen molar-refractivity contribution in [3.05, 3.63) is 53.6 Å². The van der Waals surface area contributed by atoms with Crippen LogP contribution in [0, 0.1) is 13.8 Å². The normalized spacial score (nSPS) is 11.7. The number of hydrogen-bond donors (Lipinski definition) is 2. The molecule has 0 spiro atoms. The second kappa shape index (κ2) is 8.02. The Labute approximate surface area is 147 Å². The van der Waals surface area contributed by atoms with Crippen molar-refractivity contribution >= 4 is 29.3 Å². The molecular formula is C19H22N2O2S. The number of amides is 2. The van der Waals surface area contributed by atoms with Crippen molar-refractivity contribution in [2.24, 2.45) is 0 Å². The largest absolute Gasteiger partial charge is 0.345 e. The van der Waals surface area contributed by atoms with Gasteiger partial charge >= 0.3 is 0 Å². The van der Waals surface area contributed by atoms with Crippen molar-refractivity contribution in [3.63, 3.8) is 0 Å². The molecule has 4 nitrogen and oxygen atoms in total. The molecule has 2 aromatic rings. The molecule has 0 aliphatic rings. The summed E-state index contributed by atoms with van der Waals surface area (Å²) in [6.07, 6.45) is 0. The standard InChI is InChI=1S/C19H22N2O2S/c1-12-5-10-18(13(2)11-12)24-17-8-6-16(7-9-17)21-19(23)14(3)20-15(4)22/h5-11,14H,1-4H3,(H,20,22)(H,21,23). The van der Waals surface area contributed by atoms with Crippen LogP contribution < -0.4 is 10.6 Å².